The molecule has 17 heavy (non-hydrogen) atoms. The summed E-state index contributed by atoms with van der Waals surface area (Å²) in [6.45, 7) is 1.53. The van der Waals surface area contributed by atoms with Gasteiger partial charge in [-0.05, 0) is 24.6 Å². The summed E-state index contributed by atoms with van der Waals surface area (Å²) in [5.74, 6) is -1.29. The fraction of sp³-hybridized carbons (Fsp3) is 0.167. The Labute approximate surface area is 97.3 Å². The van der Waals surface area contributed by atoms with E-state index in [1.807, 2.05) is 0 Å². The standard InChI is InChI=1S/C12H11FN2O2/c1-8(12(16)17)15-7-10(6-14-15)9-3-2-4-11(13)5-9/h2-8H,1H3,(H,16,17)/t8-/m1/s1. The number of benzene rings is 1. The van der Waals surface area contributed by atoms with E-state index in [9.17, 15) is 9.18 Å². The lowest BCUT2D eigenvalue weighted by Gasteiger charge is -2.05. The number of hydrogen-bond acceptors (Lipinski definition) is 2. The highest BCUT2D eigenvalue weighted by molar-refractivity contribution is 5.71. The van der Waals surface area contributed by atoms with Gasteiger partial charge in [0.1, 0.15) is 11.9 Å². The van der Waals surface area contributed by atoms with Crippen LogP contribution in [-0.2, 0) is 4.79 Å². The summed E-state index contributed by atoms with van der Waals surface area (Å²) in [4.78, 5) is 10.8. The number of nitrogens with zero attached hydrogens (tertiary/aromatic N) is 2. The van der Waals surface area contributed by atoms with Crippen molar-refractivity contribution in [3.63, 3.8) is 0 Å². The third-order valence-electron chi connectivity index (χ3n) is 2.51. The van der Waals surface area contributed by atoms with Gasteiger partial charge in [-0.15, -0.1) is 0 Å². The lowest BCUT2D eigenvalue weighted by Crippen LogP contribution is -2.15. The molecular weight excluding hydrogens is 223 g/mol. The van der Waals surface area contributed by atoms with E-state index < -0.39 is 12.0 Å². The topological polar surface area (TPSA) is 55.1 Å². The molecule has 0 fully saturated rings. The number of carboxylic acid groups (broad SMARTS) is 1. The molecule has 2 rings (SSSR count). The van der Waals surface area contributed by atoms with Gasteiger partial charge >= 0.3 is 5.97 Å². The summed E-state index contributed by atoms with van der Waals surface area (Å²) < 4.78 is 14.4. The van der Waals surface area contributed by atoms with Crippen molar-refractivity contribution in [2.75, 3.05) is 0 Å². The summed E-state index contributed by atoms with van der Waals surface area (Å²) >= 11 is 0. The van der Waals surface area contributed by atoms with Gasteiger partial charge in [0.2, 0.25) is 0 Å². The first-order chi connectivity index (χ1) is 8.08. The first kappa shape index (κ1) is 11.3. The monoisotopic (exact) mass is 234 g/mol. The van der Waals surface area contributed by atoms with Crippen LogP contribution in [0, 0.1) is 5.82 Å². The van der Waals surface area contributed by atoms with E-state index in [-0.39, 0.29) is 5.82 Å². The van der Waals surface area contributed by atoms with Crippen molar-refractivity contribution in [1.82, 2.24) is 9.78 Å². The fourth-order valence-electron chi connectivity index (χ4n) is 1.48. The normalized spacial score (nSPS) is 12.4. The number of aromatic nitrogens is 2. The minimum Gasteiger partial charge on any atom is -0.480 e. The number of carbonyl (C=O) groups is 1. The molecule has 0 unspecified atom stereocenters. The van der Waals surface area contributed by atoms with Crippen LogP contribution in [0.25, 0.3) is 11.1 Å². The molecule has 5 heteroatoms. The molecule has 0 aliphatic carbocycles. The van der Waals surface area contributed by atoms with Crippen LogP contribution in [0.2, 0.25) is 0 Å². The van der Waals surface area contributed by atoms with Crippen molar-refractivity contribution in [2.24, 2.45) is 0 Å². The SMILES string of the molecule is C[C@H](C(=O)O)n1cc(-c2cccc(F)c2)cn1. The second kappa shape index (κ2) is 4.37. The summed E-state index contributed by atoms with van der Waals surface area (Å²) in [5, 5.41) is 12.8. The van der Waals surface area contributed by atoms with Crippen molar-refractivity contribution in [3.8, 4) is 11.1 Å². The highest BCUT2D eigenvalue weighted by Crippen LogP contribution is 2.20. The molecule has 2 aromatic rings. The third-order valence-corrected chi connectivity index (χ3v) is 2.51. The lowest BCUT2D eigenvalue weighted by atomic mass is 10.1. The van der Waals surface area contributed by atoms with Gasteiger partial charge in [-0.2, -0.15) is 5.10 Å². The molecule has 1 atom stereocenters. The van der Waals surface area contributed by atoms with Gasteiger partial charge in [0.05, 0.1) is 6.20 Å². The Hall–Kier alpha value is -2.17. The van der Waals surface area contributed by atoms with E-state index >= 15 is 0 Å². The van der Waals surface area contributed by atoms with Gasteiger partial charge in [-0.1, -0.05) is 12.1 Å². The quantitative estimate of drug-likeness (QED) is 0.886. The van der Waals surface area contributed by atoms with Crippen LogP contribution >= 0.6 is 0 Å². The zero-order chi connectivity index (χ0) is 12.4. The zero-order valence-electron chi connectivity index (χ0n) is 9.17. The van der Waals surface area contributed by atoms with Crippen LogP contribution in [0.4, 0.5) is 4.39 Å². The summed E-state index contributed by atoms with van der Waals surface area (Å²) in [6.07, 6.45) is 3.11. The van der Waals surface area contributed by atoms with Crippen molar-refractivity contribution in [1.29, 1.82) is 0 Å². The van der Waals surface area contributed by atoms with E-state index in [1.54, 1.807) is 18.3 Å². The highest BCUT2D eigenvalue weighted by Gasteiger charge is 2.14. The molecule has 88 valence electrons. The average molecular weight is 234 g/mol. The summed E-state index contributed by atoms with van der Waals surface area (Å²) in [5.41, 5.74) is 1.37. The Bertz CT molecular complexity index is 551. The minimum atomic E-state index is -0.959. The van der Waals surface area contributed by atoms with Crippen LogP contribution in [0.3, 0.4) is 0 Å². The Morgan fingerprint density at radius 2 is 2.24 bits per heavy atom. The largest absolute Gasteiger partial charge is 0.480 e. The number of hydrogen-bond donors (Lipinski definition) is 1. The molecule has 0 spiro atoms. The van der Waals surface area contributed by atoms with Crippen molar-refractivity contribution < 1.29 is 14.3 Å². The molecule has 1 N–H and O–H groups in total. The number of aliphatic carboxylic acids is 1. The summed E-state index contributed by atoms with van der Waals surface area (Å²) in [7, 11) is 0. The van der Waals surface area contributed by atoms with Crippen molar-refractivity contribution >= 4 is 5.97 Å². The van der Waals surface area contributed by atoms with E-state index in [0.29, 0.717) is 11.1 Å². The molecule has 0 saturated heterocycles. The maximum Gasteiger partial charge on any atom is 0.328 e. The molecule has 0 amide bonds. The lowest BCUT2D eigenvalue weighted by molar-refractivity contribution is -0.140. The second-order valence-corrected chi connectivity index (χ2v) is 3.73. The Morgan fingerprint density at radius 1 is 1.47 bits per heavy atom. The Kier molecular flexibility index (Phi) is 2.91. The van der Waals surface area contributed by atoms with Crippen LogP contribution in [0.5, 0.6) is 0 Å². The maximum atomic E-state index is 13.0. The van der Waals surface area contributed by atoms with Gasteiger partial charge < -0.3 is 5.11 Å². The molecule has 0 radical (unpaired) electrons. The molecule has 0 aliphatic heterocycles. The number of halogens is 1. The van der Waals surface area contributed by atoms with E-state index in [2.05, 4.69) is 5.10 Å². The average Bonchev–Trinajstić information content (AvgIpc) is 2.77. The molecule has 0 aliphatic rings. The van der Waals surface area contributed by atoms with Gasteiger partial charge in [0.25, 0.3) is 0 Å². The van der Waals surface area contributed by atoms with Gasteiger partial charge in [-0.3, -0.25) is 4.68 Å². The predicted octanol–water partition coefficient (Wildman–Crippen LogP) is 2.33. The Morgan fingerprint density at radius 3 is 2.88 bits per heavy atom. The van der Waals surface area contributed by atoms with Gasteiger partial charge in [0, 0.05) is 11.8 Å². The first-order valence-corrected chi connectivity index (χ1v) is 5.11. The van der Waals surface area contributed by atoms with Crippen LogP contribution in [0.1, 0.15) is 13.0 Å². The smallest absolute Gasteiger partial charge is 0.328 e. The van der Waals surface area contributed by atoms with Crippen molar-refractivity contribution in [3.05, 3.63) is 42.5 Å². The van der Waals surface area contributed by atoms with E-state index in [1.165, 1.54) is 29.9 Å². The third kappa shape index (κ3) is 2.33. The van der Waals surface area contributed by atoms with Crippen LogP contribution in [0.15, 0.2) is 36.7 Å². The highest BCUT2D eigenvalue weighted by atomic mass is 19.1. The maximum absolute atomic E-state index is 13.0. The first-order valence-electron chi connectivity index (χ1n) is 5.11. The van der Waals surface area contributed by atoms with Crippen LogP contribution < -0.4 is 0 Å². The van der Waals surface area contributed by atoms with Crippen molar-refractivity contribution in [2.45, 2.75) is 13.0 Å². The minimum absolute atomic E-state index is 0.332. The van der Waals surface area contributed by atoms with E-state index in [4.69, 9.17) is 5.11 Å². The number of rotatable bonds is 3. The van der Waals surface area contributed by atoms with Crippen LogP contribution in [-0.4, -0.2) is 20.9 Å². The fourth-order valence-corrected chi connectivity index (χ4v) is 1.48. The second-order valence-electron chi connectivity index (χ2n) is 3.73. The zero-order valence-corrected chi connectivity index (χ0v) is 9.17. The molecule has 0 saturated carbocycles. The molecule has 4 nitrogen and oxygen atoms in total. The Balaban J connectivity index is 2.33. The molecule has 1 heterocycles. The van der Waals surface area contributed by atoms with Gasteiger partial charge in [0.15, 0.2) is 0 Å². The number of carboxylic acids is 1. The molecule has 0 bridgehead atoms. The van der Waals surface area contributed by atoms with Gasteiger partial charge in [-0.25, -0.2) is 9.18 Å². The molecular formula is C12H11FN2O2. The molecule has 1 aromatic carbocycles. The van der Waals surface area contributed by atoms with E-state index in [0.717, 1.165) is 0 Å². The summed E-state index contributed by atoms with van der Waals surface area (Å²) in [6, 6.07) is 5.34. The predicted molar refractivity (Wildman–Crippen MR) is 60.0 cm³/mol. The molecule has 1 aromatic heterocycles.